The van der Waals surface area contributed by atoms with Gasteiger partial charge in [0.05, 0.1) is 6.04 Å². The van der Waals surface area contributed by atoms with E-state index in [1.165, 1.54) is 6.42 Å². The van der Waals surface area contributed by atoms with Gasteiger partial charge in [-0.25, -0.2) is 0 Å². The minimum atomic E-state index is -0.550. The summed E-state index contributed by atoms with van der Waals surface area (Å²) in [6.07, 6.45) is 4.90. The molecule has 2 aliphatic rings. The van der Waals surface area contributed by atoms with Gasteiger partial charge in [0.15, 0.2) is 0 Å². The molecule has 0 aromatic rings. The first-order valence-corrected chi connectivity index (χ1v) is 8.02. The van der Waals surface area contributed by atoms with Crippen LogP contribution in [0, 0.1) is 5.92 Å². The van der Waals surface area contributed by atoms with Gasteiger partial charge in [-0.05, 0) is 44.9 Å². The van der Waals surface area contributed by atoms with Crippen LogP contribution in [0.5, 0.6) is 0 Å². The molecule has 2 heterocycles. The molecule has 2 aliphatic heterocycles. The molecule has 3 N–H and O–H groups in total. The van der Waals surface area contributed by atoms with Gasteiger partial charge in [0, 0.05) is 26.3 Å². The first-order valence-electron chi connectivity index (χ1n) is 8.02. The Kier molecular flexibility index (Phi) is 5.99. The van der Waals surface area contributed by atoms with Crippen molar-refractivity contribution in [3.63, 3.8) is 0 Å². The number of likely N-dealkylation sites (tertiary alicyclic amines) is 1. The Labute approximate surface area is 126 Å². The quantitative estimate of drug-likeness (QED) is 0.779. The van der Waals surface area contributed by atoms with Crippen LogP contribution in [0.15, 0.2) is 0 Å². The molecule has 0 aromatic heterocycles. The summed E-state index contributed by atoms with van der Waals surface area (Å²) in [6.45, 7) is 4.66. The molecule has 6 nitrogen and oxygen atoms in total. The van der Waals surface area contributed by atoms with Gasteiger partial charge >= 0.3 is 0 Å². The third kappa shape index (κ3) is 4.41. The molecule has 0 radical (unpaired) electrons. The van der Waals surface area contributed by atoms with Crippen molar-refractivity contribution in [2.24, 2.45) is 11.7 Å². The second-order valence-corrected chi connectivity index (χ2v) is 6.09. The summed E-state index contributed by atoms with van der Waals surface area (Å²) in [6, 6.07) is -1.05. The number of rotatable bonds is 4. The topological polar surface area (TPSA) is 84.7 Å². The van der Waals surface area contributed by atoms with Crippen LogP contribution in [0.1, 0.15) is 39.0 Å². The molecule has 0 bridgehead atoms. The third-order valence-electron chi connectivity index (χ3n) is 4.47. The highest BCUT2D eigenvalue weighted by Gasteiger charge is 2.29. The maximum Gasteiger partial charge on any atom is 0.244 e. The van der Waals surface area contributed by atoms with Gasteiger partial charge in [-0.2, -0.15) is 0 Å². The standard InChI is InChI=1S/C15H27N3O3/c1-11(15(20)18-7-3-2-4-8-18)17-14(19)13(16)12-5-9-21-10-6-12/h11-13H,2-10,16H2,1H3,(H,17,19)/t11-,13?/m0/s1. The lowest BCUT2D eigenvalue weighted by Crippen LogP contribution is -2.54. The smallest absolute Gasteiger partial charge is 0.244 e. The number of carbonyl (C=O) groups excluding carboxylic acids is 2. The largest absolute Gasteiger partial charge is 0.381 e. The van der Waals surface area contributed by atoms with Crippen molar-refractivity contribution in [2.45, 2.75) is 51.1 Å². The number of hydrogen-bond acceptors (Lipinski definition) is 4. The summed E-state index contributed by atoms with van der Waals surface area (Å²) >= 11 is 0. The average molecular weight is 297 g/mol. The molecule has 0 saturated carbocycles. The molecule has 21 heavy (non-hydrogen) atoms. The van der Waals surface area contributed by atoms with Crippen LogP contribution in [0.25, 0.3) is 0 Å². The van der Waals surface area contributed by atoms with Gasteiger partial charge in [-0.3, -0.25) is 9.59 Å². The lowest BCUT2D eigenvalue weighted by atomic mass is 9.91. The summed E-state index contributed by atoms with van der Waals surface area (Å²) in [5, 5.41) is 2.78. The van der Waals surface area contributed by atoms with Crippen LogP contribution < -0.4 is 11.1 Å². The molecule has 6 heteroatoms. The molecule has 2 rings (SSSR count). The van der Waals surface area contributed by atoms with Gasteiger partial charge in [0.1, 0.15) is 6.04 Å². The number of amides is 2. The van der Waals surface area contributed by atoms with Crippen molar-refractivity contribution in [2.75, 3.05) is 26.3 Å². The minimum Gasteiger partial charge on any atom is -0.381 e. The highest BCUT2D eigenvalue weighted by molar-refractivity contribution is 5.89. The third-order valence-corrected chi connectivity index (χ3v) is 4.47. The molecule has 2 amide bonds. The maximum atomic E-state index is 12.3. The van der Waals surface area contributed by atoms with Gasteiger partial charge in [-0.15, -0.1) is 0 Å². The number of ether oxygens (including phenoxy) is 1. The first kappa shape index (κ1) is 16.2. The fourth-order valence-electron chi connectivity index (χ4n) is 3.05. The van der Waals surface area contributed by atoms with Crippen molar-refractivity contribution >= 4 is 11.8 Å². The predicted octanol–water partition coefficient (Wildman–Crippen LogP) is 0.257. The van der Waals surface area contributed by atoms with Crippen LogP contribution in [-0.4, -0.2) is 55.1 Å². The van der Waals surface area contributed by atoms with E-state index < -0.39 is 12.1 Å². The van der Waals surface area contributed by atoms with Crippen LogP contribution >= 0.6 is 0 Å². The van der Waals surface area contributed by atoms with Crippen molar-refractivity contribution in [3.8, 4) is 0 Å². The Morgan fingerprint density at radius 2 is 1.81 bits per heavy atom. The van der Waals surface area contributed by atoms with E-state index in [4.69, 9.17) is 10.5 Å². The van der Waals surface area contributed by atoms with Crippen molar-refractivity contribution in [1.82, 2.24) is 10.2 Å². The van der Waals surface area contributed by atoms with Crippen LogP contribution in [0.3, 0.4) is 0 Å². The normalized spacial score (nSPS) is 23.4. The molecule has 2 fully saturated rings. The van der Waals surface area contributed by atoms with Gasteiger partial charge in [-0.1, -0.05) is 0 Å². The highest BCUT2D eigenvalue weighted by Crippen LogP contribution is 2.18. The molecule has 120 valence electrons. The van der Waals surface area contributed by atoms with E-state index in [-0.39, 0.29) is 17.7 Å². The zero-order valence-corrected chi connectivity index (χ0v) is 12.8. The average Bonchev–Trinajstić information content (AvgIpc) is 2.55. The van der Waals surface area contributed by atoms with E-state index in [0.717, 1.165) is 38.8 Å². The molecule has 2 saturated heterocycles. The highest BCUT2D eigenvalue weighted by atomic mass is 16.5. The Morgan fingerprint density at radius 3 is 2.43 bits per heavy atom. The Morgan fingerprint density at radius 1 is 1.19 bits per heavy atom. The Hall–Kier alpha value is -1.14. The summed E-state index contributed by atoms with van der Waals surface area (Å²) in [7, 11) is 0. The molecular weight excluding hydrogens is 270 g/mol. The number of carbonyl (C=O) groups is 2. The zero-order valence-electron chi connectivity index (χ0n) is 12.8. The number of piperidine rings is 1. The summed E-state index contributed by atoms with van der Waals surface area (Å²) in [4.78, 5) is 26.3. The van der Waals surface area contributed by atoms with Crippen molar-refractivity contribution in [1.29, 1.82) is 0 Å². The number of nitrogens with two attached hydrogens (primary N) is 1. The molecule has 0 aromatic carbocycles. The maximum absolute atomic E-state index is 12.3. The van der Waals surface area contributed by atoms with E-state index in [2.05, 4.69) is 5.32 Å². The molecule has 0 aliphatic carbocycles. The minimum absolute atomic E-state index is 0.00206. The molecular formula is C15H27N3O3. The molecule has 0 spiro atoms. The summed E-state index contributed by atoms with van der Waals surface area (Å²) in [5.41, 5.74) is 6.03. The Bertz CT molecular complexity index is 363. The second kappa shape index (κ2) is 7.75. The van der Waals surface area contributed by atoms with Gasteiger partial charge in [0.25, 0.3) is 0 Å². The van der Waals surface area contributed by atoms with Crippen LogP contribution in [0.2, 0.25) is 0 Å². The second-order valence-electron chi connectivity index (χ2n) is 6.09. The van der Waals surface area contributed by atoms with Crippen LogP contribution in [0.4, 0.5) is 0 Å². The Balaban J connectivity index is 1.81. The van der Waals surface area contributed by atoms with E-state index in [1.54, 1.807) is 6.92 Å². The number of hydrogen-bond donors (Lipinski definition) is 2. The fourth-order valence-corrected chi connectivity index (χ4v) is 3.05. The summed E-state index contributed by atoms with van der Waals surface area (Å²) < 4.78 is 5.28. The predicted molar refractivity (Wildman–Crippen MR) is 79.6 cm³/mol. The van der Waals surface area contributed by atoms with Crippen molar-refractivity contribution in [3.05, 3.63) is 0 Å². The lowest BCUT2D eigenvalue weighted by molar-refractivity contribution is -0.137. The number of nitrogens with one attached hydrogen (secondary N) is 1. The molecule has 2 atom stereocenters. The summed E-state index contributed by atoms with van der Waals surface area (Å²) in [5.74, 6) is -0.0713. The van der Waals surface area contributed by atoms with Gasteiger partial charge in [0.2, 0.25) is 11.8 Å². The van der Waals surface area contributed by atoms with Crippen molar-refractivity contribution < 1.29 is 14.3 Å². The number of nitrogens with zero attached hydrogens (tertiary/aromatic N) is 1. The van der Waals surface area contributed by atoms with Gasteiger partial charge < -0.3 is 20.7 Å². The van der Waals surface area contributed by atoms with E-state index in [0.29, 0.717) is 13.2 Å². The van der Waals surface area contributed by atoms with E-state index in [9.17, 15) is 9.59 Å². The monoisotopic (exact) mass is 297 g/mol. The van der Waals surface area contributed by atoms with E-state index in [1.807, 2.05) is 4.90 Å². The zero-order chi connectivity index (χ0) is 15.2. The lowest BCUT2D eigenvalue weighted by Gasteiger charge is -2.31. The SMILES string of the molecule is C[C@H](NC(=O)C(N)C1CCOCC1)C(=O)N1CCCCC1. The first-order chi connectivity index (χ1) is 10.1. The fraction of sp³-hybridized carbons (Fsp3) is 0.867. The van der Waals surface area contributed by atoms with Crippen LogP contribution in [-0.2, 0) is 14.3 Å². The van der Waals surface area contributed by atoms with E-state index >= 15 is 0 Å². The molecule has 1 unspecified atom stereocenters.